The topological polar surface area (TPSA) is 86.6 Å². The Bertz CT molecular complexity index is 259. The van der Waals surface area contributed by atoms with E-state index in [4.69, 9.17) is 5.11 Å². The molecule has 1 amide bonds. The van der Waals surface area contributed by atoms with Crippen molar-refractivity contribution in [2.45, 2.75) is 64.5 Å². The van der Waals surface area contributed by atoms with Gasteiger partial charge in [-0.3, -0.25) is 9.59 Å². The summed E-state index contributed by atoms with van der Waals surface area (Å²) in [7, 11) is 0. The molecular formula is C12H23NO4. The van der Waals surface area contributed by atoms with Crippen molar-refractivity contribution >= 4 is 11.9 Å². The molecule has 3 N–H and O–H groups in total. The van der Waals surface area contributed by atoms with Gasteiger partial charge in [0.1, 0.15) is 6.04 Å². The highest BCUT2D eigenvalue weighted by Crippen LogP contribution is 2.23. The summed E-state index contributed by atoms with van der Waals surface area (Å²) in [4.78, 5) is 22.2. The first-order valence-electron chi connectivity index (χ1n) is 6.09. The molecule has 1 atom stereocenters. The number of carbonyl (C=O) groups excluding carboxylic acids is 1. The summed E-state index contributed by atoms with van der Waals surface area (Å²) in [5.41, 5.74) is -1.01. The van der Waals surface area contributed by atoms with Gasteiger partial charge in [0.05, 0.1) is 12.0 Å². The molecule has 0 aliphatic heterocycles. The largest absolute Gasteiger partial charge is 0.480 e. The van der Waals surface area contributed by atoms with E-state index >= 15 is 0 Å². The van der Waals surface area contributed by atoms with Gasteiger partial charge in [-0.25, -0.2) is 0 Å². The second-order valence-corrected chi connectivity index (χ2v) is 4.53. The highest BCUT2D eigenvalue weighted by atomic mass is 16.4. The number of nitrogens with one attached hydrogen (secondary N) is 1. The number of rotatable bonds is 8. The van der Waals surface area contributed by atoms with Crippen molar-refractivity contribution in [3.05, 3.63) is 0 Å². The summed E-state index contributed by atoms with van der Waals surface area (Å²) >= 11 is 0. The number of carboxylic acids is 1. The fourth-order valence-corrected chi connectivity index (χ4v) is 1.89. The van der Waals surface area contributed by atoms with Crippen LogP contribution in [-0.2, 0) is 9.59 Å². The highest BCUT2D eigenvalue weighted by Gasteiger charge is 2.29. The molecule has 0 bridgehead atoms. The Labute approximate surface area is 102 Å². The third-order valence-corrected chi connectivity index (χ3v) is 2.67. The van der Waals surface area contributed by atoms with Crippen LogP contribution in [0.3, 0.4) is 0 Å². The van der Waals surface area contributed by atoms with Gasteiger partial charge < -0.3 is 15.5 Å². The molecule has 0 aromatic carbocycles. The lowest BCUT2D eigenvalue weighted by Crippen LogP contribution is -2.43. The number of aliphatic hydroxyl groups is 1. The number of carboxylic acid groups (broad SMARTS) is 1. The fourth-order valence-electron chi connectivity index (χ4n) is 1.89. The molecule has 5 heteroatoms. The Hall–Kier alpha value is -1.10. The lowest BCUT2D eigenvalue weighted by Gasteiger charge is -2.27. The van der Waals surface area contributed by atoms with Gasteiger partial charge in [0.25, 0.3) is 0 Å². The van der Waals surface area contributed by atoms with E-state index in [0.29, 0.717) is 12.8 Å². The highest BCUT2D eigenvalue weighted by molar-refractivity contribution is 5.83. The SMILES string of the molecule is CCCC(O)(CCC)CC(=O)N[C@H](C)C(=O)O. The zero-order chi connectivity index (χ0) is 13.5. The molecular weight excluding hydrogens is 222 g/mol. The zero-order valence-corrected chi connectivity index (χ0v) is 10.8. The van der Waals surface area contributed by atoms with Crippen molar-refractivity contribution in [3.63, 3.8) is 0 Å². The first kappa shape index (κ1) is 15.9. The molecule has 0 aliphatic rings. The first-order chi connectivity index (χ1) is 7.84. The van der Waals surface area contributed by atoms with E-state index in [1.165, 1.54) is 6.92 Å². The maximum atomic E-state index is 11.6. The van der Waals surface area contributed by atoms with Gasteiger partial charge >= 0.3 is 5.97 Å². The standard InChI is InChI=1S/C12H23NO4/c1-4-6-12(17,7-5-2)8-10(14)13-9(3)11(15)16/h9,17H,4-8H2,1-3H3,(H,13,14)(H,15,16)/t9-/m1/s1. The van der Waals surface area contributed by atoms with Crippen molar-refractivity contribution in [1.82, 2.24) is 5.32 Å². The Morgan fingerprint density at radius 1 is 1.24 bits per heavy atom. The van der Waals surface area contributed by atoms with E-state index in [2.05, 4.69) is 5.32 Å². The summed E-state index contributed by atoms with van der Waals surface area (Å²) in [5, 5.41) is 21.2. The Morgan fingerprint density at radius 2 is 1.71 bits per heavy atom. The normalized spacial score (nSPS) is 13.2. The Kier molecular flexibility index (Phi) is 6.80. The minimum atomic E-state index is -1.08. The van der Waals surface area contributed by atoms with Crippen LogP contribution in [-0.4, -0.2) is 33.7 Å². The molecule has 0 aromatic rings. The van der Waals surface area contributed by atoms with Gasteiger partial charge in [-0.15, -0.1) is 0 Å². The number of aliphatic carboxylic acids is 1. The second-order valence-electron chi connectivity index (χ2n) is 4.53. The van der Waals surface area contributed by atoms with E-state index < -0.39 is 23.5 Å². The lowest BCUT2D eigenvalue weighted by molar-refractivity contribution is -0.142. The molecule has 0 heterocycles. The molecule has 0 aromatic heterocycles. The molecule has 0 unspecified atom stereocenters. The Morgan fingerprint density at radius 3 is 2.06 bits per heavy atom. The second kappa shape index (κ2) is 7.27. The first-order valence-corrected chi connectivity index (χ1v) is 6.09. The number of amides is 1. The molecule has 17 heavy (non-hydrogen) atoms. The van der Waals surface area contributed by atoms with Crippen molar-refractivity contribution in [2.75, 3.05) is 0 Å². The van der Waals surface area contributed by atoms with Gasteiger partial charge in [0.2, 0.25) is 5.91 Å². The van der Waals surface area contributed by atoms with Crippen molar-refractivity contribution in [2.24, 2.45) is 0 Å². The van der Waals surface area contributed by atoms with E-state index in [9.17, 15) is 14.7 Å². The monoisotopic (exact) mass is 245 g/mol. The van der Waals surface area contributed by atoms with Gasteiger partial charge in [-0.1, -0.05) is 26.7 Å². The summed E-state index contributed by atoms with van der Waals surface area (Å²) in [6, 6.07) is -0.921. The van der Waals surface area contributed by atoms with Crippen molar-refractivity contribution in [3.8, 4) is 0 Å². The van der Waals surface area contributed by atoms with Gasteiger partial charge in [0.15, 0.2) is 0 Å². The van der Waals surface area contributed by atoms with Gasteiger partial charge in [-0.2, -0.15) is 0 Å². The summed E-state index contributed by atoms with van der Waals surface area (Å²) in [5.74, 6) is -1.49. The molecule has 0 rings (SSSR count). The third kappa shape index (κ3) is 6.26. The summed E-state index contributed by atoms with van der Waals surface area (Å²) < 4.78 is 0. The van der Waals surface area contributed by atoms with Gasteiger partial charge in [0, 0.05) is 0 Å². The average molecular weight is 245 g/mol. The van der Waals surface area contributed by atoms with Gasteiger partial charge in [-0.05, 0) is 19.8 Å². The van der Waals surface area contributed by atoms with Crippen LogP contribution in [0.5, 0.6) is 0 Å². The summed E-state index contributed by atoms with van der Waals surface area (Å²) in [6.07, 6.45) is 2.65. The van der Waals surface area contributed by atoms with Crippen LogP contribution in [0.25, 0.3) is 0 Å². The van der Waals surface area contributed by atoms with Crippen LogP contribution in [0.15, 0.2) is 0 Å². The Balaban J connectivity index is 4.35. The van der Waals surface area contributed by atoms with Crippen LogP contribution in [0, 0.1) is 0 Å². The number of carbonyl (C=O) groups is 2. The minimum Gasteiger partial charge on any atom is -0.480 e. The van der Waals surface area contributed by atoms with E-state index in [-0.39, 0.29) is 6.42 Å². The van der Waals surface area contributed by atoms with Crippen LogP contribution in [0.2, 0.25) is 0 Å². The maximum absolute atomic E-state index is 11.6. The number of hydrogen-bond acceptors (Lipinski definition) is 3. The molecule has 0 saturated carbocycles. The molecule has 100 valence electrons. The molecule has 5 nitrogen and oxygen atoms in total. The quantitative estimate of drug-likeness (QED) is 0.601. The van der Waals surface area contributed by atoms with Crippen LogP contribution < -0.4 is 5.32 Å². The average Bonchev–Trinajstić information content (AvgIpc) is 2.16. The number of hydrogen-bond donors (Lipinski definition) is 3. The van der Waals surface area contributed by atoms with E-state index in [0.717, 1.165) is 12.8 Å². The maximum Gasteiger partial charge on any atom is 0.325 e. The van der Waals surface area contributed by atoms with Crippen molar-refractivity contribution in [1.29, 1.82) is 0 Å². The predicted molar refractivity (Wildman–Crippen MR) is 64.6 cm³/mol. The van der Waals surface area contributed by atoms with Crippen LogP contribution >= 0.6 is 0 Å². The molecule has 0 aliphatic carbocycles. The molecule has 0 spiro atoms. The van der Waals surface area contributed by atoms with E-state index in [1.807, 2.05) is 13.8 Å². The minimum absolute atomic E-state index is 0.0354. The van der Waals surface area contributed by atoms with Crippen LogP contribution in [0.1, 0.15) is 52.9 Å². The van der Waals surface area contributed by atoms with Crippen LogP contribution in [0.4, 0.5) is 0 Å². The van der Waals surface area contributed by atoms with E-state index in [1.54, 1.807) is 0 Å². The molecule has 0 radical (unpaired) electrons. The third-order valence-electron chi connectivity index (χ3n) is 2.67. The van der Waals surface area contributed by atoms with Crippen molar-refractivity contribution < 1.29 is 19.8 Å². The predicted octanol–water partition coefficient (Wildman–Crippen LogP) is 1.30. The molecule has 0 saturated heterocycles. The lowest BCUT2D eigenvalue weighted by atomic mass is 9.89. The molecule has 0 fully saturated rings. The zero-order valence-electron chi connectivity index (χ0n) is 10.8. The summed E-state index contributed by atoms with van der Waals surface area (Å²) in [6.45, 7) is 5.29. The smallest absolute Gasteiger partial charge is 0.325 e. The fraction of sp³-hybridized carbons (Fsp3) is 0.833.